The molecule has 6 heteroatoms. The lowest BCUT2D eigenvalue weighted by atomic mass is 9.86. The third kappa shape index (κ3) is 2.32. The van der Waals surface area contributed by atoms with E-state index in [2.05, 4.69) is 0 Å². The maximum Gasteiger partial charge on any atom is 0.235 e. The Bertz CT molecular complexity index is 372. The molecule has 2 saturated heterocycles. The predicted octanol–water partition coefficient (Wildman–Crippen LogP) is -0.0570. The van der Waals surface area contributed by atoms with Gasteiger partial charge in [0.2, 0.25) is 11.8 Å². The van der Waals surface area contributed by atoms with Crippen LogP contribution in [0.3, 0.4) is 0 Å². The van der Waals surface area contributed by atoms with Crippen molar-refractivity contribution in [1.29, 1.82) is 0 Å². The molecule has 2 aliphatic rings. The lowest BCUT2D eigenvalue weighted by Gasteiger charge is -2.18. The number of hydrogen-bond acceptors (Lipinski definition) is 5. The minimum Gasteiger partial charge on any atom is -0.373 e. The zero-order valence-corrected chi connectivity index (χ0v) is 10.8. The third-order valence-corrected chi connectivity index (χ3v) is 3.91. The number of carbonyl (C=O) groups excluding carboxylic acids is 4. The van der Waals surface area contributed by atoms with Crippen molar-refractivity contribution in [2.24, 2.45) is 11.8 Å². The van der Waals surface area contributed by atoms with Gasteiger partial charge in [-0.15, -0.1) is 0 Å². The Morgan fingerprint density at radius 2 is 1.42 bits per heavy atom. The number of imide groups is 1. The highest BCUT2D eigenvalue weighted by molar-refractivity contribution is 6.05. The summed E-state index contributed by atoms with van der Waals surface area (Å²) in [5, 5.41) is 0. The third-order valence-electron chi connectivity index (χ3n) is 3.91. The molecule has 19 heavy (non-hydrogen) atoms. The van der Waals surface area contributed by atoms with E-state index in [0.29, 0.717) is 25.7 Å². The topological polar surface area (TPSA) is 80.8 Å². The summed E-state index contributed by atoms with van der Waals surface area (Å²) >= 11 is 0. The highest BCUT2D eigenvalue weighted by atomic mass is 16.5. The van der Waals surface area contributed by atoms with Crippen LogP contribution in [0.4, 0.5) is 0 Å². The lowest BCUT2D eigenvalue weighted by molar-refractivity contribution is -0.142. The number of nitrogens with zero attached hydrogens (tertiary/aromatic N) is 1. The Hall–Kier alpha value is -1.56. The van der Waals surface area contributed by atoms with Crippen LogP contribution >= 0.6 is 0 Å². The van der Waals surface area contributed by atoms with Crippen LogP contribution in [0.1, 0.15) is 25.7 Å². The highest BCUT2D eigenvalue weighted by Gasteiger charge is 2.58. The van der Waals surface area contributed by atoms with Crippen molar-refractivity contribution in [2.45, 2.75) is 37.9 Å². The number of aldehydes is 2. The smallest absolute Gasteiger partial charge is 0.235 e. The quantitative estimate of drug-likeness (QED) is 0.497. The van der Waals surface area contributed by atoms with Gasteiger partial charge in [0.1, 0.15) is 12.6 Å². The molecule has 2 fully saturated rings. The van der Waals surface area contributed by atoms with E-state index in [1.165, 1.54) is 7.05 Å². The maximum atomic E-state index is 12.1. The van der Waals surface area contributed by atoms with Gasteiger partial charge in [0.15, 0.2) is 0 Å². The zero-order chi connectivity index (χ0) is 14.0. The molecule has 0 aliphatic carbocycles. The fourth-order valence-electron chi connectivity index (χ4n) is 3.00. The Morgan fingerprint density at radius 3 is 1.79 bits per heavy atom. The molecule has 4 atom stereocenters. The highest BCUT2D eigenvalue weighted by Crippen LogP contribution is 2.42. The van der Waals surface area contributed by atoms with E-state index in [9.17, 15) is 19.2 Å². The van der Waals surface area contributed by atoms with Crippen LogP contribution in [0, 0.1) is 11.8 Å². The number of carbonyl (C=O) groups is 4. The molecule has 2 aliphatic heterocycles. The van der Waals surface area contributed by atoms with E-state index < -0.39 is 24.0 Å². The van der Waals surface area contributed by atoms with Gasteiger partial charge in [-0.1, -0.05) is 0 Å². The standard InChI is InChI=1S/C13H17NO5/c1-14-12(17)10-8(4-2-6-15)19-9(5-3-7-16)11(10)13(14)18/h6-11H,2-5H2,1H3/t8-,9+,10-,11+. The predicted molar refractivity (Wildman–Crippen MR) is 64.0 cm³/mol. The average molecular weight is 267 g/mol. The van der Waals surface area contributed by atoms with E-state index in [4.69, 9.17) is 4.74 Å². The molecule has 0 unspecified atom stereocenters. The fraction of sp³-hybridized carbons (Fsp3) is 0.692. The van der Waals surface area contributed by atoms with Gasteiger partial charge >= 0.3 is 0 Å². The summed E-state index contributed by atoms with van der Waals surface area (Å²) in [7, 11) is 1.47. The number of likely N-dealkylation sites (tertiary alicyclic amines) is 1. The summed E-state index contributed by atoms with van der Waals surface area (Å²) in [6.45, 7) is 0. The van der Waals surface area contributed by atoms with Gasteiger partial charge in [-0.3, -0.25) is 14.5 Å². The molecule has 0 spiro atoms. The Labute approximate surface area is 111 Å². The molecule has 0 saturated carbocycles. The van der Waals surface area contributed by atoms with E-state index in [-0.39, 0.29) is 11.8 Å². The monoisotopic (exact) mass is 267 g/mol. The lowest BCUT2D eigenvalue weighted by Crippen LogP contribution is -2.32. The fourth-order valence-corrected chi connectivity index (χ4v) is 3.00. The largest absolute Gasteiger partial charge is 0.373 e. The van der Waals surface area contributed by atoms with E-state index >= 15 is 0 Å². The van der Waals surface area contributed by atoms with Gasteiger partial charge in [-0.05, 0) is 12.8 Å². The van der Waals surface area contributed by atoms with Crippen molar-refractivity contribution in [3.05, 3.63) is 0 Å². The summed E-state index contributed by atoms with van der Waals surface area (Å²) in [6, 6.07) is 0. The summed E-state index contributed by atoms with van der Waals surface area (Å²) in [5.41, 5.74) is 0. The summed E-state index contributed by atoms with van der Waals surface area (Å²) in [6.07, 6.45) is 2.26. The number of hydrogen-bond donors (Lipinski definition) is 0. The molecular formula is C13H17NO5. The van der Waals surface area contributed by atoms with Crippen molar-refractivity contribution in [1.82, 2.24) is 4.90 Å². The first-order chi connectivity index (χ1) is 9.11. The van der Waals surface area contributed by atoms with Gasteiger partial charge in [0.05, 0.1) is 24.0 Å². The Balaban J connectivity index is 2.17. The van der Waals surface area contributed by atoms with Crippen molar-refractivity contribution in [3.8, 4) is 0 Å². The first kappa shape index (κ1) is 13.9. The zero-order valence-electron chi connectivity index (χ0n) is 10.8. The Kier molecular flexibility index (Phi) is 4.09. The summed E-state index contributed by atoms with van der Waals surface area (Å²) in [4.78, 5) is 46.2. The summed E-state index contributed by atoms with van der Waals surface area (Å²) < 4.78 is 5.74. The molecule has 0 aromatic heterocycles. The molecule has 104 valence electrons. The minimum atomic E-state index is -0.492. The first-order valence-corrected chi connectivity index (χ1v) is 6.46. The SMILES string of the molecule is CN1C(=O)[C@@H]2[C@H](C1=O)[C@@H](CCC=O)O[C@H]2CCC=O. The molecule has 2 rings (SSSR count). The van der Waals surface area contributed by atoms with E-state index in [1.807, 2.05) is 0 Å². The minimum absolute atomic E-state index is 0.237. The number of amides is 2. The first-order valence-electron chi connectivity index (χ1n) is 6.46. The molecule has 2 heterocycles. The summed E-state index contributed by atoms with van der Waals surface area (Å²) in [5.74, 6) is -1.46. The van der Waals surface area contributed by atoms with Crippen molar-refractivity contribution in [2.75, 3.05) is 7.05 Å². The Morgan fingerprint density at radius 1 is 1.00 bits per heavy atom. The van der Waals surface area contributed by atoms with Crippen LogP contribution in [0.25, 0.3) is 0 Å². The van der Waals surface area contributed by atoms with Gasteiger partial charge in [-0.2, -0.15) is 0 Å². The molecule has 0 aromatic rings. The van der Waals surface area contributed by atoms with Crippen LogP contribution < -0.4 is 0 Å². The van der Waals surface area contributed by atoms with Crippen LogP contribution in [0.5, 0.6) is 0 Å². The van der Waals surface area contributed by atoms with Crippen LogP contribution in [0.2, 0.25) is 0 Å². The van der Waals surface area contributed by atoms with Gasteiger partial charge in [0.25, 0.3) is 0 Å². The molecule has 2 amide bonds. The van der Waals surface area contributed by atoms with E-state index in [1.54, 1.807) is 0 Å². The normalized spacial score (nSPS) is 33.6. The number of fused-ring (bicyclic) bond motifs is 1. The molecule has 6 nitrogen and oxygen atoms in total. The van der Waals surface area contributed by atoms with Crippen LogP contribution in [-0.2, 0) is 23.9 Å². The van der Waals surface area contributed by atoms with Crippen molar-refractivity contribution in [3.63, 3.8) is 0 Å². The second-order valence-electron chi connectivity index (χ2n) is 4.99. The van der Waals surface area contributed by atoms with Gasteiger partial charge in [-0.25, -0.2) is 0 Å². The van der Waals surface area contributed by atoms with Crippen LogP contribution in [-0.4, -0.2) is 48.5 Å². The van der Waals surface area contributed by atoms with Gasteiger partial charge in [0, 0.05) is 19.9 Å². The number of ether oxygens (including phenoxy) is 1. The average Bonchev–Trinajstić information content (AvgIpc) is 2.87. The molecular weight excluding hydrogens is 250 g/mol. The van der Waals surface area contributed by atoms with Gasteiger partial charge < -0.3 is 14.3 Å². The maximum absolute atomic E-state index is 12.1. The number of rotatable bonds is 6. The molecule has 0 N–H and O–H groups in total. The molecule has 0 radical (unpaired) electrons. The second kappa shape index (κ2) is 5.61. The van der Waals surface area contributed by atoms with E-state index in [0.717, 1.165) is 17.5 Å². The molecule has 0 bridgehead atoms. The molecule has 0 aromatic carbocycles. The van der Waals surface area contributed by atoms with Crippen molar-refractivity contribution < 1.29 is 23.9 Å². The second-order valence-corrected chi connectivity index (χ2v) is 4.99. The van der Waals surface area contributed by atoms with Crippen LogP contribution in [0.15, 0.2) is 0 Å². The van der Waals surface area contributed by atoms with Crippen molar-refractivity contribution >= 4 is 24.4 Å².